The van der Waals surface area contributed by atoms with E-state index in [-0.39, 0.29) is 5.95 Å². The first-order chi connectivity index (χ1) is 8.67. The van der Waals surface area contributed by atoms with Crippen LogP contribution in [0, 0.1) is 6.92 Å². The molecule has 94 valence electrons. The summed E-state index contributed by atoms with van der Waals surface area (Å²) in [6.45, 7) is 4.77. The molecule has 1 aromatic heterocycles. The van der Waals surface area contributed by atoms with Crippen LogP contribution in [0.25, 0.3) is 0 Å². The Morgan fingerprint density at radius 1 is 1.22 bits per heavy atom. The van der Waals surface area contributed by atoms with Crippen molar-refractivity contribution in [1.82, 2.24) is 9.97 Å². The van der Waals surface area contributed by atoms with Gasteiger partial charge in [-0.25, -0.2) is 0 Å². The molecule has 18 heavy (non-hydrogen) atoms. The average Bonchev–Trinajstić information content (AvgIpc) is 2.32. The van der Waals surface area contributed by atoms with Crippen LogP contribution < -0.4 is 15.8 Å². The molecule has 5 nitrogen and oxygen atoms in total. The van der Waals surface area contributed by atoms with Gasteiger partial charge in [0.25, 0.3) is 0 Å². The van der Waals surface area contributed by atoms with Gasteiger partial charge in [0.05, 0.1) is 0 Å². The minimum absolute atomic E-state index is 0.190. The maximum Gasteiger partial charge on any atom is 0.226 e. The molecule has 0 saturated heterocycles. The Morgan fingerprint density at radius 3 is 2.61 bits per heavy atom. The molecule has 1 aromatic carbocycles. The van der Waals surface area contributed by atoms with Crippen LogP contribution in [-0.4, -0.2) is 16.5 Å². The normalized spacial score (nSPS) is 10.1. The van der Waals surface area contributed by atoms with Gasteiger partial charge in [0, 0.05) is 12.6 Å². The molecule has 0 aliphatic heterocycles. The number of hydrogen-bond donors (Lipinski definition) is 2. The van der Waals surface area contributed by atoms with Crippen molar-refractivity contribution >= 4 is 11.8 Å². The van der Waals surface area contributed by atoms with Crippen LogP contribution in [0.2, 0.25) is 0 Å². The lowest BCUT2D eigenvalue weighted by Crippen LogP contribution is -2.04. The Balaban J connectivity index is 2.20. The van der Waals surface area contributed by atoms with E-state index >= 15 is 0 Å². The van der Waals surface area contributed by atoms with Gasteiger partial charge < -0.3 is 15.8 Å². The predicted octanol–water partition coefficient (Wildman–Crippen LogP) is 2.59. The molecule has 0 aliphatic carbocycles. The van der Waals surface area contributed by atoms with Gasteiger partial charge in [0.1, 0.15) is 11.6 Å². The number of ether oxygens (including phenoxy) is 1. The van der Waals surface area contributed by atoms with Crippen molar-refractivity contribution in [3.05, 3.63) is 35.9 Å². The number of hydrogen-bond acceptors (Lipinski definition) is 5. The maximum atomic E-state index is 5.63. The summed E-state index contributed by atoms with van der Waals surface area (Å²) in [5.74, 6) is 2.01. The van der Waals surface area contributed by atoms with Crippen LogP contribution in [0.15, 0.2) is 30.3 Å². The SMILES string of the molecule is CCNc1cc(Oc2ccc(C)cc2)nc(N)n1. The van der Waals surface area contributed by atoms with E-state index in [1.807, 2.05) is 38.1 Å². The molecule has 0 spiro atoms. The highest BCUT2D eigenvalue weighted by molar-refractivity contribution is 5.44. The summed E-state index contributed by atoms with van der Waals surface area (Å²) >= 11 is 0. The molecule has 3 N–H and O–H groups in total. The zero-order valence-corrected chi connectivity index (χ0v) is 10.5. The molecule has 5 heteroatoms. The van der Waals surface area contributed by atoms with Gasteiger partial charge in [-0.1, -0.05) is 17.7 Å². The van der Waals surface area contributed by atoms with Gasteiger partial charge in [0.2, 0.25) is 11.8 Å². The molecule has 0 amide bonds. The third-order valence-electron chi connectivity index (χ3n) is 2.32. The number of nitrogens with zero attached hydrogens (tertiary/aromatic N) is 2. The van der Waals surface area contributed by atoms with Crippen molar-refractivity contribution in [3.63, 3.8) is 0 Å². The summed E-state index contributed by atoms with van der Waals surface area (Å²) in [5, 5.41) is 3.07. The highest BCUT2D eigenvalue weighted by Gasteiger charge is 2.04. The Kier molecular flexibility index (Phi) is 3.62. The number of anilines is 2. The van der Waals surface area contributed by atoms with E-state index in [0.717, 1.165) is 12.3 Å². The van der Waals surface area contributed by atoms with Crippen LogP contribution in [0.4, 0.5) is 11.8 Å². The van der Waals surface area contributed by atoms with Crippen molar-refractivity contribution in [2.45, 2.75) is 13.8 Å². The average molecular weight is 244 g/mol. The fourth-order valence-electron chi connectivity index (χ4n) is 1.49. The fraction of sp³-hybridized carbons (Fsp3) is 0.231. The lowest BCUT2D eigenvalue weighted by molar-refractivity contribution is 0.463. The molecule has 2 rings (SSSR count). The summed E-state index contributed by atoms with van der Waals surface area (Å²) in [6.07, 6.45) is 0. The molecule has 0 atom stereocenters. The number of nitrogen functional groups attached to an aromatic ring is 1. The van der Waals surface area contributed by atoms with Gasteiger partial charge in [-0.05, 0) is 26.0 Å². The van der Waals surface area contributed by atoms with Gasteiger partial charge >= 0.3 is 0 Å². The van der Waals surface area contributed by atoms with Crippen LogP contribution in [-0.2, 0) is 0 Å². The van der Waals surface area contributed by atoms with Crippen molar-refractivity contribution in [2.75, 3.05) is 17.6 Å². The second-order valence-corrected chi connectivity index (χ2v) is 3.90. The highest BCUT2D eigenvalue weighted by atomic mass is 16.5. The van der Waals surface area contributed by atoms with E-state index in [1.54, 1.807) is 6.07 Å². The number of nitrogens with one attached hydrogen (secondary N) is 1. The first-order valence-corrected chi connectivity index (χ1v) is 5.80. The van der Waals surface area contributed by atoms with Crippen molar-refractivity contribution in [3.8, 4) is 11.6 Å². The van der Waals surface area contributed by atoms with Crippen molar-refractivity contribution in [2.24, 2.45) is 0 Å². The number of nitrogens with two attached hydrogens (primary N) is 1. The first-order valence-electron chi connectivity index (χ1n) is 5.80. The van der Waals surface area contributed by atoms with E-state index < -0.39 is 0 Å². The molecule has 0 unspecified atom stereocenters. The highest BCUT2D eigenvalue weighted by Crippen LogP contribution is 2.22. The number of benzene rings is 1. The summed E-state index contributed by atoms with van der Waals surface area (Å²) in [6, 6.07) is 9.46. The standard InChI is InChI=1S/C13H16N4O/c1-3-15-11-8-12(17-13(14)16-11)18-10-6-4-9(2)5-7-10/h4-8H,3H2,1-2H3,(H3,14,15,16,17). The van der Waals surface area contributed by atoms with E-state index in [2.05, 4.69) is 15.3 Å². The molecule has 0 saturated carbocycles. The Hall–Kier alpha value is -2.30. The number of rotatable bonds is 4. The number of aryl methyl sites for hydroxylation is 1. The molecule has 1 heterocycles. The molecule has 0 fully saturated rings. The Labute approximate surface area is 106 Å². The number of aromatic nitrogens is 2. The molecular weight excluding hydrogens is 228 g/mol. The summed E-state index contributed by atoms with van der Waals surface area (Å²) in [7, 11) is 0. The summed E-state index contributed by atoms with van der Waals surface area (Å²) in [4.78, 5) is 8.09. The van der Waals surface area contributed by atoms with Gasteiger partial charge in [-0.2, -0.15) is 9.97 Å². The van der Waals surface area contributed by atoms with E-state index in [1.165, 1.54) is 5.56 Å². The largest absolute Gasteiger partial charge is 0.439 e. The zero-order chi connectivity index (χ0) is 13.0. The minimum Gasteiger partial charge on any atom is -0.439 e. The van der Waals surface area contributed by atoms with Crippen molar-refractivity contribution in [1.29, 1.82) is 0 Å². The monoisotopic (exact) mass is 244 g/mol. The molecular formula is C13H16N4O. The second-order valence-electron chi connectivity index (χ2n) is 3.90. The molecule has 0 bridgehead atoms. The van der Waals surface area contributed by atoms with Crippen LogP contribution in [0.1, 0.15) is 12.5 Å². The zero-order valence-electron chi connectivity index (χ0n) is 10.5. The second kappa shape index (κ2) is 5.35. The van der Waals surface area contributed by atoms with E-state index in [9.17, 15) is 0 Å². The summed E-state index contributed by atoms with van der Waals surface area (Å²) in [5.41, 5.74) is 6.80. The molecule has 0 aliphatic rings. The van der Waals surface area contributed by atoms with Crippen molar-refractivity contribution < 1.29 is 4.74 Å². The quantitative estimate of drug-likeness (QED) is 0.864. The maximum absolute atomic E-state index is 5.63. The van der Waals surface area contributed by atoms with Crippen LogP contribution in [0.5, 0.6) is 11.6 Å². The summed E-state index contributed by atoms with van der Waals surface area (Å²) < 4.78 is 5.63. The Bertz CT molecular complexity index is 525. The van der Waals surface area contributed by atoms with Crippen LogP contribution in [0.3, 0.4) is 0 Å². The third-order valence-corrected chi connectivity index (χ3v) is 2.32. The molecule has 2 aromatic rings. The van der Waals surface area contributed by atoms with Gasteiger partial charge in [0.15, 0.2) is 0 Å². The Morgan fingerprint density at radius 2 is 1.94 bits per heavy atom. The molecule has 0 radical (unpaired) electrons. The minimum atomic E-state index is 0.190. The first kappa shape index (κ1) is 12.2. The smallest absolute Gasteiger partial charge is 0.226 e. The third kappa shape index (κ3) is 3.10. The van der Waals surface area contributed by atoms with Gasteiger partial charge in [-0.3, -0.25) is 0 Å². The topological polar surface area (TPSA) is 73.1 Å². The van der Waals surface area contributed by atoms with Gasteiger partial charge in [-0.15, -0.1) is 0 Å². The fourth-order valence-corrected chi connectivity index (χ4v) is 1.49. The lowest BCUT2D eigenvalue weighted by Gasteiger charge is -2.08. The lowest BCUT2D eigenvalue weighted by atomic mass is 10.2. The predicted molar refractivity (Wildman–Crippen MR) is 71.9 cm³/mol. The van der Waals surface area contributed by atoms with Crippen LogP contribution >= 0.6 is 0 Å². The van der Waals surface area contributed by atoms with E-state index in [0.29, 0.717) is 11.7 Å². The van der Waals surface area contributed by atoms with E-state index in [4.69, 9.17) is 10.5 Å².